The summed E-state index contributed by atoms with van der Waals surface area (Å²) < 4.78 is 6.71. The van der Waals surface area contributed by atoms with Gasteiger partial charge in [-0.2, -0.15) is 0 Å². The number of fused-ring (bicyclic) bond motifs is 1. The number of para-hydroxylation sites is 1. The molecule has 1 aromatic carbocycles. The van der Waals surface area contributed by atoms with Crippen LogP contribution in [0, 0.1) is 0 Å². The zero-order chi connectivity index (χ0) is 16.2. The number of likely N-dealkylation sites (N-methyl/N-ethyl adjacent to an activating group) is 1. The number of benzene rings is 1. The molecule has 5 nitrogen and oxygen atoms in total. The summed E-state index contributed by atoms with van der Waals surface area (Å²) in [4.78, 5) is 18.8. The number of nitrogens with zero attached hydrogens (tertiary/aromatic N) is 2. The van der Waals surface area contributed by atoms with Gasteiger partial charge in [0, 0.05) is 20.2 Å². The van der Waals surface area contributed by atoms with Gasteiger partial charge in [0.1, 0.15) is 5.01 Å². The normalized spacial score (nSPS) is 17.6. The lowest BCUT2D eigenvalue weighted by Crippen LogP contribution is -2.39. The first-order chi connectivity index (χ1) is 11.1. The number of halogens is 2. The van der Waals surface area contributed by atoms with E-state index in [4.69, 9.17) is 4.74 Å². The van der Waals surface area contributed by atoms with Crippen LogP contribution in [0.4, 0.5) is 0 Å². The standard InChI is InChI=1S/C17H23N3O2S.2ClH/c1-12(17-19-14-7-3-4-8-15(14)23-17)20(2)16(21)11-18-10-13-6-5-9-22-13;;/h3-4,7-8,12-13,18H,5-6,9-11H2,1-2H3;2*1H. The summed E-state index contributed by atoms with van der Waals surface area (Å²) in [6, 6.07) is 8.05. The molecule has 1 amide bonds. The summed E-state index contributed by atoms with van der Waals surface area (Å²) in [6.07, 6.45) is 2.46. The highest BCUT2D eigenvalue weighted by molar-refractivity contribution is 7.18. The Morgan fingerprint density at radius 3 is 2.88 bits per heavy atom. The van der Waals surface area contributed by atoms with Crippen molar-refractivity contribution in [2.75, 3.05) is 26.7 Å². The van der Waals surface area contributed by atoms with Gasteiger partial charge >= 0.3 is 0 Å². The average molecular weight is 406 g/mol. The van der Waals surface area contributed by atoms with Crippen molar-refractivity contribution in [3.8, 4) is 0 Å². The highest BCUT2D eigenvalue weighted by Crippen LogP contribution is 2.28. The van der Waals surface area contributed by atoms with Gasteiger partial charge in [0.2, 0.25) is 5.91 Å². The summed E-state index contributed by atoms with van der Waals surface area (Å²) in [5.41, 5.74) is 0.997. The maximum Gasteiger partial charge on any atom is 0.236 e. The van der Waals surface area contributed by atoms with Gasteiger partial charge in [-0.25, -0.2) is 4.98 Å². The Hall–Kier alpha value is -0.920. The number of ether oxygens (including phenoxy) is 1. The number of amides is 1. The summed E-state index contributed by atoms with van der Waals surface area (Å²) in [7, 11) is 1.84. The Morgan fingerprint density at radius 2 is 2.20 bits per heavy atom. The summed E-state index contributed by atoms with van der Waals surface area (Å²) in [5, 5.41) is 4.18. The van der Waals surface area contributed by atoms with Gasteiger partial charge in [-0.05, 0) is 31.9 Å². The van der Waals surface area contributed by atoms with Crippen LogP contribution in [0.2, 0.25) is 0 Å². The Kier molecular flexibility index (Phi) is 9.10. The number of thiazole rings is 1. The molecule has 25 heavy (non-hydrogen) atoms. The second-order valence-corrected chi connectivity index (χ2v) is 7.03. The third-order valence-electron chi connectivity index (χ3n) is 4.31. The fourth-order valence-electron chi connectivity index (χ4n) is 2.72. The van der Waals surface area contributed by atoms with Crippen molar-refractivity contribution in [3.05, 3.63) is 29.3 Å². The van der Waals surface area contributed by atoms with E-state index in [2.05, 4.69) is 16.4 Å². The molecular formula is C17H25Cl2N3O2S. The van der Waals surface area contributed by atoms with Crippen LogP contribution < -0.4 is 5.32 Å². The fourth-order valence-corrected chi connectivity index (χ4v) is 3.78. The minimum Gasteiger partial charge on any atom is -0.377 e. The molecule has 0 radical (unpaired) electrons. The Morgan fingerprint density at radius 1 is 1.44 bits per heavy atom. The molecule has 2 atom stereocenters. The molecule has 1 fully saturated rings. The molecule has 0 spiro atoms. The molecule has 140 valence electrons. The number of hydrogen-bond donors (Lipinski definition) is 1. The van der Waals surface area contributed by atoms with E-state index in [1.54, 1.807) is 16.2 Å². The van der Waals surface area contributed by atoms with E-state index in [9.17, 15) is 4.79 Å². The number of rotatable bonds is 6. The Balaban J connectivity index is 0.00000156. The zero-order valence-corrected chi connectivity index (χ0v) is 16.9. The van der Waals surface area contributed by atoms with E-state index >= 15 is 0 Å². The highest BCUT2D eigenvalue weighted by atomic mass is 35.5. The molecule has 2 aromatic rings. The largest absolute Gasteiger partial charge is 0.377 e. The zero-order valence-electron chi connectivity index (χ0n) is 14.4. The van der Waals surface area contributed by atoms with Crippen LogP contribution in [0.5, 0.6) is 0 Å². The predicted octanol–water partition coefficient (Wildman–Crippen LogP) is 3.43. The number of nitrogens with one attached hydrogen (secondary N) is 1. The quantitative estimate of drug-likeness (QED) is 0.799. The third-order valence-corrected chi connectivity index (χ3v) is 5.52. The van der Waals surface area contributed by atoms with Gasteiger partial charge in [-0.15, -0.1) is 36.2 Å². The number of aromatic nitrogens is 1. The van der Waals surface area contributed by atoms with E-state index in [1.165, 1.54) is 0 Å². The molecular weight excluding hydrogens is 381 g/mol. The van der Waals surface area contributed by atoms with Gasteiger partial charge in [-0.1, -0.05) is 12.1 Å². The van der Waals surface area contributed by atoms with Crippen molar-refractivity contribution in [1.29, 1.82) is 0 Å². The smallest absolute Gasteiger partial charge is 0.236 e. The maximum absolute atomic E-state index is 12.3. The van der Waals surface area contributed by atoms with Gasteiger partial charge in [-0.3, -0.25) is 4.79 Å². The van der Waals surface area contributed by atoms with Crippen molar-refractivity contribution in [3.63, 3.8) is 0 Å². The third kappa shape index (κ3) is 5.53. The van der Waals surface area contributed by atoms with Crippen molar-refractivity contribution < 1.29 is 9.53 Å². The van der Waals surface area contributed by atoms with E-state index < -0.39 is 0 Å². The van der Waals surface area contributed by atoms with Crippen LogP contribution in [0.1, 0.15) is 30.8 Å². The molecule has 1 aliphatic heterocycles. The second kappa shape index (κ2) is 10.3. The maximum atomic E-state index is 12.3. The fraction of sp³-hybridized carbons (Fsp3) is 0.529. The second-order valence-electron chi connectivity index (χ2n) is 5.97. The molecule has 1 saturated heterocycles. The number of carbonyl (C=O) groups excluding carboxylic acids is 1. The molecule has 2 unspecified atom stereocenters. The van der Waals surface area contributed by atoms with Crippen LogP contribution in [0.25, 0.3) is 10.2 Å². The molecule has 8 heteroatoms. The van der Waals surface area contributed by atoms with Crippen LogP contribution in [0.15, 0.2) is 24.3 Å². The lowest BCUT2D eigenvalue weighted by atomic mass is 10.2. The van der Waals surface area contributed by atoms with Crippen LogP contribution in [-0.4, -0.2) is 48.6 Å². The minimum atomic E-state index is -0.0237. The topological polar surface area (TPSA) is 54.5 Å². The first kappa shape index (κ1) is 22.1. The lowest BCUT2D eigenvalue weighted by molar-refractivity contribution is -0.130. The van der Waals surface area contributed by atoms with Gasteiger partial charge in [0.05, 0.1) is 28.9 Å². The SMILES string of the molecule is CC(c1nc2ccccc2s1)N(C)C(=O)CNCC1CCCO1.Cl.Cl. The predicted molar refractivity (Wildman–Crippen MR) is 107 cm³/mol. The number of carbonyl (C=O) groups is 1. The van der Waals surface area contributed by atoms with Gasteiger partial charge in [0.25, 0.3) is 0 Å². The summed E-state index contributed by atoms with van der Waals surface area (Å²) >= 11 is 1.65. The monoisotopic (exact) mass is 405 g/mol. The average Bonchev–Trinajstić information content (AvgIpc) is 3.22. The molecule has 0 aliphatic carbocycles. The highest BCUT2D eigenvalue weighted by Gasteiger charge is 2.21. The van der Waals surface area contributed by atoms with Gasteiger partial charge in [0.15, 0.2) is 0 Å². The number of hydrogen-bond acceptors (Lipinski definition) is 5. The van der Waals surface area contributed by atoms with E-state index in [0.717, 1.165) is 41.2 Å². The molecule has 1 N–H and O–H groups in total. The van der Waals surface area contributed by atoms with Crippen LogP contribution in [0.3, 0.4) is 0 Å². The molecule has 0 saturated carbocycles. The summed E-state index contributed by atoms with van der Waals surface area (Å²) in [6.45, 7) is 3.95. The van der Waals surface area contributed by atoms with Crippen molar-refractivity contribution in [2.45, 2.75) is 31.9 Å². The van der Waals surface area contributed by atoms with E-state index in [0.29, 0.717) is 6.54 Å². The molecule has 0 bridgehead atoms. The minimum absolute atomic E-state index is 0. The van der Waals surface area contributed by atoms with Crippen LogP contribution in [-0.2, 0) is 9.53 Å². The lowest BCUT2D eigenvalue weighted by Gasteiger charge is -2.23. The molecule has 3 rings (SSSR count). The van der Waals surface area contributed by atoms with Gasteiger partial charge < -0.3 is 15.0 Å². The van der Waals surface area contributed by atoms with Crippen molar-refractivity contribution in [1.82, 2.24) is 15.2 Å². The van der Waals surface area contributed by atoms with Crippen molar-refractivity contribution in [2.24, 2.45) is 0 Å². The first-order valence-corrected chi connectivity index (χ1v) is 8.90. The summed E-state index contributed by atoms with van der Waals surface area (Å²) in [5.74, 6) is 0.0785. The molecule has 1 aromatic heterocycles. The first-order valence-electron chi connectivity index (χ1n) is 8.08. The van der Waals surface area contributed by atoms with Crippen molar-refractivity contribution >= 4 is 52.3 Å². The molecule has 1 aliphatic rings. The van der Waals surface area contributed by atoms with Crippen LogP contribution >= 0.6 is 36.2 Å². The van der Waals surface area contributed by atoms with E-state index in [-0.39, 0.29) is 42.9 Å². The van der Waals surface area contributed by atoms with E-state index in [1.807, 2.05) is 32.2 Å². The molecule has 2 heterocycles. The Labute approximate surface area is 165 Å². The Bertz CT molecular complexity index is 644.